The Hall–Kier alpha value is -1.60. The molecule has 0 aliphatic carbocycles. The maximum atomic E-state index is 11.9. The number of hydrogen-bond donors (Lipinski definition) is 2. The number of carbonyl (C=O) groups excluding carboxylic acids is 1. The second-order valence-electron chi connectivity index (χ2n) is 4.21. The van der Waals surface area contributed by atoms with Gasteiger partial charge in [-0.2, -0.15) is 0 Å². The van der Waals surface area contributed by atoms with Crippen LogP contribution in [0.5, 0.6) is 5.75 Å². The second-order valence-corrected chi connectivity index (χ2v) is 5.92. The summed E-state index contributed by atoms with van der Waals surface area (Å²) in [7, 11) is -1.98. The summed E-state index contributed by atoms with van der Waals surface area (Å²) in [5.74, 6) is 0.185. The fraction of sp³-hybridized carbons (Fsp3) is 0.417. The molecule has 1 aromatic rings. The van der Waals surface area contributed by atoms with Crippen LogP contribution in [0.1, 0.15) is 13.8 Å². The van der Waals surface area contributed by atoms with Gasteiger partial charge in [-0.05, 0) is 38.1 Å². The van der Waals surface area contributed by atoms with Crippen molar-refractivity contribution >= 4 is 15.9 Å². The van der Waals surface area contributed by atoms with E-state index in [1.165, 1.54) is 31.3 Å². The molecule has 19 heavy (non-hydrogen) atoms. The van der Waals surface area contributed by atoms with E-state index in [0.717, 1.165) is 0 Å². The topological polar surface area (TPSA) is 84.5 Å². The maximum absolute atomic E-state index is 11.9. The molecule has 0 atom stereocenters. The predicted molar refractivity (Wildman–Crippen MR) is 71.5 cm³/mol. The van der Waals surface area contributed by atoms with E-state index in [2.05, 4.69) is 10.0 Å². The molecule has 2 N–H and O–H groups in total. The second kappa shape index (κ2) is 6.53. The number of benzene rings is 1. The van der Waals surface area contributed by atoms with Crippen LogP contribution in [0, 0.1) is 0 Å². The number of nitrogens with one attached hydrogen (secondary N) is 2. The Labute approximate surface area is 113 Å². The molecule has 7 heteroatoms. The SMILES string of the molecule is CNC(=O)COc1ccc(S(=O)(=O)NC(C)C)cc1. The van der Waals surface area contributed by atoms with E-state index in [-0.39, 0.29) is 23.5 Å². The first-order chi connectivity index (χ1) is 8.85. The molecule has 1 aromatic carbocycles. The highest BCUT2D eigenvalue weighted by molar-refractivity contribution is 7.89. The van der Waals surface area contributed by atoms with Gasteiger partial charge in [0.2, 0.25) is 10.0 Å². The molecule has 0 radical (unpaired) electrons. The molecule has 106 valence electrons. The van der Waals surface area contributed by atoms with Crippen LogP contribution in [-0.2, 0) is 14.8 Å². The lowest BCUT2D eigenvalue weighted by Gasteiger charge is -2.10. The van der Waals surface area contributed by atoms with Crippen molar-refractivity contribution in [3.63, 3.8) is 0 Å². The summed E-state index contributed by atoms with van der Waals surface area (Å²) in [6, 6.07) is 5.72. The van der Waals surface area contributed by atoms with Gasteiger partial charge >= 0.3 is 0 Å². The highest BCUT2D eigenvalue weighted by atomic mass is 32.2. The Bertz CT molecular complexity index is 523. The van der Waals surface area contributed by atoms with Crippen LogP contribution in [0.25, 0.3) is 0 Å². The van der Waals surface area contributed by atoms with Gasteiger partial charge in [-0.15, -0.1) is 0 Å². The molecule has 0 spiro atoms. The van der Waals surface area contributed by atoms with Crippen molar-refractivity contribution in [1.29, 1.82) is 0 Å². The van der Waals surface area contributed by atoms with Crippen molar-refractivity contribution in [3.8, 4) is 5.75 Å². The van der Waals surface area contributed by atoms with Gasteiger partial charge in [0, 0.05) is 13.1 Å². The average Bonchev–Trinajstić information content (AvgIpc) is 2.35. The van der Waals surface area contributed by atoms with Gasteiger partial charge < -0.3 is 10.1 Å². The molecule has 0 aromatic heterocycles. The zero-order valence-corrected chi connectivity index (χ0v) is 12.0. The summed E-state index contributed by atoms with van der Waals surface area (Å²) in [5, 5.41) is 2.42. The summed E-state index contributed by atoms with van der Waals surface area (Å²) < 4.78 is 31.4. The third kappa shape index (κ3) is 4.88. The molecule has 6 nitrogen and oxygen atoms in total. The summed E-state index contributed by atoms with van der Waals surface area (Å²) >= 11 is 0. The monoisotopic (exact) mass is 286 g/mol. The average molecular weight is 286 g/mol. The quantitative estimate of drug-likeness (QED) is 0.797. The first-order valence-corrected chi connectivity index (χ1v) is 7.29. The van der Waals surface area contributed by atoms with E-state index in [1.54, 1.807) is 13.8 Å². The van der Waals surface area contributed by atoms with Gasteiger partial charge in [-0.25, -0.2) is 13.1 Å². The molecule has 0 aliphatic rings. The first-order valence-electron chi connectivity index (χ1n) is 5.81. The molecule has 0 heterocycles. The molecular formula is C12H18N2O4S. The Kier molecular flexibility index (Phi) is 5.31. The molecule has 0 saturated heterocycles. The van der Waals surface area contributed by atoms with Gasteiger partial charge in [0.05, 0.1) is 4.90 Å². The minimum atomic E-state index is -3.50. The highest BCUT2D eigenvalue weighted by Crippen LogP contribution is 2.16. The Morgan fingerprint density at radius 2 is 1.84 bits per heavy atom. The Morgan fingerprint density at radius 3 is 2.32 bits per heavy atom. The van der Waals surface area contributed by atoms with E-state index < -0.39 is 10.0 Å². The number of rotatable bonds is 6. The maximum Gasteiger partial charge on any atom is 0.257 e. The fourth-order valence-electron chi connectivity index (χ4n) is 1.31. The third-order valence-corrected chi connectivity index (χ3v) is 3.85. The van der Waals surface area contributed by atoms with Gasteiger partial charge in [0.1, 0.15) is 5.75 Å². The Morgan fingerprint density at radius 1 is 1.26 bits per heavy atom. The minimum absolute atomic E-state index is 0.104. The highest BCUT2D eigenvalue weighted by Gasteiger charge is 2.15. The van der Waals surface area contributed by atoms with Crippen molar-refractivity contribution < 1.29 is 17.9 Å². The number of carbonyl (C=O) groups is 1. The zero-order chi connectivity index (χ0) is 14.5. The summed E-state index contributed by atoms with van der Waals surface area (Å²) in [5.41, 5.74) is 0. The summed E-state index contributed by atoms with van der Waals surface area (Å²) in [6.45, 7) is 3.39. The van der Waals surface area contributed by atoms with Crippen LogP contribution in [0.15, 0.2) is 29.2 Å². The first kappa shape index (κ1) is 15.5. The normalized spacial score (nSPS) is 11.4. The van der Waals surface area contributed by atoms with Gasteiger partial charge in [-0.1, -0.05) is 0 Å². The molecule has 0 bridgehead atoms. The van der Waals surface area contributed by atoms with Crippen molar-refractivity contribution in [3.05, 3.63) is 24.3 Å². The number of hydrogen-bond acceptors (Lipinski definition) is 4. The van der Waals surface area contributed by atoms with E-state index in [4.69, 9.17) is 4.74 Å². The van der Waals surface area contributed by atoms with Crippen LogP contribution in [-0.4, -0.2) is 34.0 Å². The van der Waals surface area contributed by atoms with Crippen LogP contribution in [0.3, 0.4) is 0 Å². The predicted octanol–water partition coefficient (Wildman–Crippen LogP) is 0.498. The third-order valence-electron chi connectivity index (χ3n) is 2.17. The lowest BCUT2D eigenvalue weighted by molar-refractivity contribution is -0.122. The van der Waals surface area contributed by atoms with E-state index in [9.17, 15) is 13.2 Å². The van der Waals surface area contributed by atoms with E-state index >= 15 is 0 Å². The number of sulfonamides is 1. The van der Waals surface area contributed by atoms with Crippen molar-refractivity contribution in [1.82, 2.24) is 10.0 Å². The van der Waals surface area contributed by atoms with E-state index in [0.29, 0.717) is 5.75 Å². The van der Waals surface area contributed by atoms with Crippen LogP contribution < -0.4 is 14.8 Å². The van der Waals surface area contributed by atoms with E-state index in [1.807, 2.05) is 0 Å². The van der Waals surface area contributed by atoms with Gasteiger partial charge in [0.15, 0.2) is 6.61 Å². The molecule has 1 rings (SSSR count). The Balaban J connectivity index is 2.74. The van der Waals surface area contributed by atoms with Crippen molar-refractivity contribution in [2.24, 2.45) is 0 Å². The number of amides is 1. The minimum Gasteiger partial charge on any atom is -0.484 e. The molecule has 0 saturated carbocycles. The van der Waals surface area contributed by atoms with Crippen molar-refractivity contribution in [2.45, 2.75) is 24.8 Å². The number of likely N-dealkylation sites (N-methyl/N-ethyl adjacent to an activating group) is 1. The summed E-state index contributed by atoms with van der Waals surface area (Å²) in [6.07, 6.45) is 0. The molecule has 0 fully saturated rings. The lowest BCUT2D eigenvalue weighted by atomic mass is 10.3. The lowest BCUT2D eigenvalue weighted by Crippen LogP contribution is -2.30. The standard InChI is InChI=1S/C12H18N2O4S/c1-9(2)14-19(16,17)11-6-4-10(5-7-11)18-8-12(15)13-3/h4-7,9,14H,8H2,1-3H3,(H,13,15). The van der Waals surface area contributed by atoms with Crippen LogP contribution >= 0.6 is 0 Å². The molecule has 0 unspecified atom stereocenters. The molecular weight excluding hydrogens is 268 g/mol. The van der Waals surface area contributed by atoms with Crippen LogP contribution in [0.2, 0.25) is 0 Å². The smallest absolute Gasteiger partial charge is 0.257 e. The zero-order valence-electron chi connectivity index (χ0n) is 11.1. The van der Waals surface area contributed by atoms with Crippen LogP contribution in [0.4, 0.5) is 0 Å². The van der Waals surface area contributed by atoms with Gasteiger partial charge in [-0.3, -0.25) is 4.79 Å². The molecule has 1 amide bonds. The fourth-order valence-corrected chi connectivity index (χ4v) is 2.57. The largest absolute Gasteiger partial charge is 0.484 e. The summed E-state index contributed by atoms with van der Waals surface area (Å²) in [4.78, 5) is 11.2. The number of ether oxygens (including phenoxy) is 1. The van der Waals surface area contributed by atoms with Gasteiger partial charge in [0.25, 0.3) is 5.91 Å². The molecule has 0 aliphatic heterocycles. The van der Waals surface area contributed by atoms with Crippen molar-refractivity contribution in [2.75, 3.05) is 13.7 Å².